The van der Waals surface area contributed by atoms with Crippen LogP contribution in [-0.4, -0.2) is 57.6 Å². The van der Waals surface area contributed by atoms with Crippen molar-refractivity contribution < 1.29 is 29.0 Å². The number of carboxylic acid groups (broad SMARTS) is 1. The molecule has 2 rings (SSSR count). The number of carbonyl (C=O) groups is 4. The third kappa shape index (κ3) is 3.84. The largest absolute Gasteiger partial charge is 0.480 e. The van der Waals surface area contributed by atoms with Crippen molar-refractivity contribution in [1.82, 2.24) is 9.80 Å². The third-order valence-electron chi connectivity index (χ3n) is 3.93. The molecular weight excluding hydrogens is 340 g/mol. The van der Waals surface area contributed by atoms with E-state index in [1.807, 2.05) is 0 Å². The second-order valence-corrected chi connectivity index (χ2v) is 7.36. The number of imide groups is 1. The molecule has 1 saturated heterocycles. The molecule has 0 aromatic heterocycles. The summed E-state index contributed by atoms with van der Waals surface area (Å²) in [6, 6.07) is 8.00. The fourth-order valence-electron chi connectivity index (χ4n) is 2.53. The van der Waals surface area contributed by atoms with E-state index >= 15 is 0 Å². The van der Waals surface area contributed by atoms with Crippen molar-refractivity contribution in [2.24, 2.45) is 5.41 Å². The van der Waals surface area contributed by atoms with E-state index in [0.29, 0.717) is 0 Å². The summed E-state index contributed by atoms with van der Waals surface area (Å²) in [6.07, 6.45) is -0.789. The van der Waals surface area contributed by atoms with Gasteiger partial charge in [-0.15, -0.1) is 0 Å². The molecule has 1 aliphatic heterocycles. The van der Waals surface area contributed by atoms with Gasteiger partial charge in [-0.25, -0.2) is 4.79 Å². The van der Waals surface area contributed by atoms with Gasteiger partial charge in [0.05, 0.1) is 6.54 Å². The van der Waals surface area contributed by atoms with Crippen molar-refractivity contribution in [1.29, 1.82) is 0 Å². The van der Waals surface area contributed by atoms with Gasteiger partial charge in [-0.05, 0) is 39.8 Å². The highest BCUT2D eigenvalue weighted by Gasteiger charge is 2.52. The molecule has 1 aromatic rings. The fraction of sp³-hybridized carbons (Fsp3) is 0.444. The zero-order valence-corrected chi connectivity index (χ0v) is 15.2. The van der Waals surface area contributed by atoms with Gasteiger partial charge in [-0.1, -0.05) is 18.2 Å². The highest BCUT2D eigenvalue weighted by molar-refractivity contribution is 6.12. The van der Waals surface area contributed by atoms with Crippen LogP contribution in [0.15, 0.2) is 30.3 Å². The molecule has 1 atom stereocenters. The van der Waals surface area contributed by atoms with E-state index in [4.69, 9.17) is 4.74 Å². The van der Waals surface area contributed by atoms with E-state index in [1.54, 1.807) is 39.0 Å². The molecule has 1 aliphatic rings. The summed E-state index contributed by atoms with van der Waals surface area (Å²) < 4.78 is 5.26. The maximum atomic E-state index is 12.7. The second kappa shape index (κ2) is 6.78. The molecule has 1 heterocycles. The van der Waals surface area contributed by atoms with Crippen LogP contribution >= 0.6 is 0 Å². The van der Waals surface area contributed by atoms with Gasteiger partial charge in [0.15, 0.2) is 5.41 Å². The van der Waals surface area contributed by atoms with Crippen LogP contribution in [0.1, 0.15) is 38.1 Å². The molecule has 0 bridgehead atoms. The average Bonchev–Trinajstić information content (AvgIpc) is 2.55. The number of carboxylic acids is 1. The van der Waals surface area contributed by atoms with Crippen molar-refractivity contribution in [3.05, 3.63) is 35.9 Å². The molecular formula is C18H22N2O6. The van der Waals surface area contributed by atoms with Crippen molar-refractivity contribution in [2.75, 3.05) is 13.2 Å². The van der Waals surface area contributed by atoms with Gasteiger partial charge >= 0.3 is 12.1 Å². The van der Waals surface area contributed by atoms with E-state index in [1.165, 1.54) is 19.1 Å². The van der Waals surface area contributed by atoms with Gasteiger partial charge in [0.1, 0.15) is 12.3 Å². The molecule has 0 spiro atoms. The Hall–Kier alpha value is -2.90. The summed E-state index contributed by atoms with van der Waals surface area (Å²) in [5, 5.41) is 9.53. The maximum Gasteiger partial charge on any atom is 0.411 e. The number of hydrogen-bond acceptors (Lipinski definition) is 5. The summed E-state index contributed by atoms with van der Waals surface area (Å²) in [6.45, 7) is 5.45. The number of amides is 3. The molecule has 1 aromatic carbocycles. The van der Waals surface area contributed by atoms with Gasteiger partial charge in [0.25, 0.3) is 5.91 Å². The first-order chi connectivity index (χ1) is 12.0. The average molecular weight is 362 g/mol. The van der Waals surface area contributed by atoms with Gasteiger partial charge in [0, 0.05) is 5.56 Å². The van der Waals surface area contributed by atoms with E-state index in [9.17, 15) is 24.3 Å². The van der Waals surface area contributed by atoms with Crippen molar-refractivity contribution >= 4 is 23.9 Å². The Kier molecular flexibility index (Phi) is 5.06. The summed E-state index contributed by atoms with van der Waals surface area (Å²) in [5.41, 5.74) is -2.52. The zero-order valence-electron chi connectivity index (χ0n) is 15.2. The monoisotopic (exact) mass is 362 g/mol. The number of benzene rings is 1. The predicted molar refractivity (Wildman–Crippen MR) is 91.2 cm³/mol. The second-order valence-electron chi connectivity index (χ2n) is 7.36. The van der Waals surface area contributed by atoms with E-state index < -0.39 is 34.9 Å². The minimum absolute atomic E-state index is 0.222. The lowest BCUT2D eigenvalue weighted by Gasteiger charge is -2.42. The van der Waals surface area contributed by atoms with Gasteiger partial charge in [-0.2, -0.15) is 0 Å². The molecule has 0 aliphatic carbocycles. The fourth-order valence-corrected chi connectivity index (χ4v) is 2.53. The van der Waals surface area contributed by atoms with Gasteiger partial charge in [-0.3, -0.25) is 24.2 Å². The minimum atomic E-state index is -1.94. The van der Waals surface area contributed by atoms with Crippen LogP contribution in [-0.2, 0) is 14.3 Å². The first-order valence-electron chi connectivity index (χ1n) is 8.08. The number of hydrogen-bond donors (Lipinski definition) is 1. The molecule has 3 amide bonds. The van der Waals surface area contributed by atoms with E-state index in [-0.39, 0.29) is 18.8 Å². The van der Waals surface area contributed by atoms with Crippen LogP contribution in [0, 0.1) is 5.41 Å². The summed E-state index contributed by atoms with van der Waals surface area (Å²) >= 11 is 0. The molecule has 1 fully saturated rings. The summed E-state index contributed by atoms with van der Waals surface area (Å²) in [5.74, 6) is -2.95. The Morgan fingerprint density at radius 1 is 1.15 bits per heavy atom. The zero-order chi connectivity index (χ0) is 19.7. The molecule has 1 N–H and O–H groups in total. The van der Waals surface area contributed by atoms with Crippen LogP contribution in [0.25, 0.3) is 0 Å². The standard InChI is InChI=1S/C18H22N2O6/c1-17(2,3)26-16(25)19-10-18(4,15(23)24)14(22)20(11-19)13(21)12-8-6-5-7-9-12/h5-9H,10-11H2,1-4H3,(H,23,24). The molecule has 26 heavy (non-hydrogen) atoms. The molecule has 8 heteroatoms. The van der Waals surface area contributed by atoms with Crippen molar-refractivity contribution in [3.8, 4) is 0 Å². The number of ether oxygens (including phenoxy) is 1. The molecule has 0 radical (unpaired) electrons. The Morgan fingerprint density at radius 2 is 1.73 bits per heavy atom. The highest BCUT2D eigenvalue weighted by atomic mass is 16.6. The first-order valence-corrected chi connectivity index (χ1v) is 8.08. The Bertz CT molecular complexity index is 740. The van der Waals surface area contributed by atoms with Crippen LogP contribution < -0.4 is 0 Å². The Morgan fingerprint density at radius 3 is 2.23 bits per heavy atom. The lowest BCUT2D eigenvalue weighted by molar-refractivity contribution is -0.164. The van der Waals surface area contributed by atoms with Crippen molar-refractivity contribution in [3.63, 3.8) is 0 Å². The van der Waals surface area contributed by atoms with Crippen LogP contribution in [0.3, 0.4) is 0 Å². The van der Waals surface area contributed by atoms with Crippen LogP contribution in [0.2, 0.25) is 0 Å². The topological polar surface area (TPSA) is 104 Å². The van der Waals surface area contributed by atoms with Gasteiger partial charge in [0.2, 0.25) is 5.91 Å². The van der Waals surface area contributed by atoms with Crippen LogP contribution in [0.4, 0.5) is 4.79 Å². The lowest BCUT2D eigenvalue weighted by atomic mass is 9.86. The van der Waals surface area contributed by atoms with Gasteiger partial charge < -0.3 is 9.84 Å². The number of rotatable bonds is 2. The smallest absolute Gasteiger partial charge is 0.411 e. The molecule has 8 nitrogen and oxygen atoms in total. The first kappa shape index (κ1) is 19.4. The lowest BCUT2D eigenvalue weighted by Crippen LogP contribution is -2.63. The molecule has 140 valence electrons. The molecule has 1 unspecified atom stereocenters. The predicted octanol–water partition coefficient (Wildman–Crippen LogP) is 1.95. The Balaban J connectivity index is 2.37. The quantitative estimate of drug-likeness (QED) is 0.637. The highest BCUT2D eigenvalue weighted by Crippen LogP contribution is 2.29. The summed E-state index contributed by atoms with van der Waals surface area (Å²) in [7, 11) is 0. The minimum Gasteiger partial charge on any atom is -0.480 e. The number of aliphatic carboxylic acids is 1. The van der Waals surface area contributed by atoms with Crippen molar-refractivity contribution in [2.45, 2.75) is 33.3 Å². The van der Waals surface area contributed by atoms with E-state index in [2.05, 4.69) is 0 Å². The SMILES string of the molecule is CC(C)(C)OC(=O)N1CN(C(=O)c2ccccc2)C(=O)C(C)(C(=O)O)C1. The normalized spacial score (nSPS) is 20.7. The maximum absolute atomic E-state index is 12.7. The number of carbonyl (C=O) groups excluding carboxylic acids is 3. The molecule has 0 saturated carbocycles. The third-order valence-corrected chi connectivity index (χ3v) is 3.93. The summed E-state index contributed by atoms with van der Waals surface area (Å²) in [4.78, 5) is 51.3. The van der Waals surface area contributed by atoms with E-state index in [0.717, 1.165) is 9.80 Å². The number of nitrogens with zero attached hydrogens (tertiary/aromatic N) is 2. The Labute approximate surface area is 151 Å². The van der Waals surface area contributed by atoms with Crippen LogP contribution in [0.5, 0.6) is 0 Å².